The number of hydrogen-bond donors (Lipinski definition) is 0. The largest absolute Gasteiger partial charge is 0.457 e. The van der Waals surface area contributed by atoms with E-state index >= 15 is 0 Å². The highest BCUT2D eigenvalue weighted by atomic mass is 28.3. The number of para-hydroxylation sites is 3. The average molecular weight is 785 g/mol. The molecule has 10 aromatic rings. The summed E-state index contributed by atoms with van der Waals surface area (Å²) < 4.78 is 38.1. The second-order valence-corrected chi connectivity index (χ2v) is 20.0. The topological polar surface area (TPSA) is 35.9 Å². The minimum Gasteiger partial charge on any atom is -0.457 e. The van der Waals surface area contributed by atoms with E-state index in [9.17, 15) is 0 Å². The van der Waals surface area contributed by atoms with Crippen molar-refractivity contribution in [2.24, 2.45) is 6.98 Å². The minimum absolute atomic E-state index is 0.0565. The normalized spacial score (nSPS) is 13.0. The monoisotopic (exact) mass is 784 g/mol. The molecule has 59 heavy (non-hydrogen) atoms. The van der Waals surface area contributed by atoms with Gasteiger partial charge in [-0.15, -0.1) is 0 Å². The van der Waals surface area contributed by atoms with Crippen LogP contribution in [0.1, 0.15) is 30.4 Å². The summed E-state index contributed by atoms with van der Waals surface area (Å²) >= 11 is 0. The van der Waals surface area contributed by atoms with Gasteiger partial charge in [-0.3, -0.25) is 4.57 Å². The Morgan fingerprint density at radius 1 is 0.559 bits per heavy atom. The number of hydrogen-bond acceptors (Lipinski definition) is 2. The molecule has 0 saturated carbocycles. The highest BCUT2D eigenvalue weighted by Crippen LogP contribution is 2.36. The van der Waals surface area contributed by atoms with Crippen LogP contribution < -0.4 is 30.1 Å². The molecule has 10 rings (SSSR count). The quantitative estimate of drug-likeness (QED) is 0.0875. The van der Waals surface area contributed by atoms with Gasteiger partial charge < -0.3 is 4.74 Å². The molecule has 0 saturated heterocycles. The van der Waals surface area contributed by atoms with E-state index in [0.29, 0.717) is 17.0 Å². The van der Waals surface area contributed by atoms with Crippen molar-refractivity contribution in [2.45, 2.75) is 26.2 Å². The fraction of sp³-hybridized carbons (Fsp3) is 0.0943. The SMILES string of the molecule is [2H]C([2H])([2H])[n+]1cn(-c2cc(Oc3ccc4c5ccccc5n(-c5cc(C(C)(C)C)ccn5)c4c3)cc([Si](c3ccccc3)(c3ccccc3)c3ccccc3)c2)c2ccccc21. The van der Waals surface area contributed by atoms with Crippen LogP contribution >= 0.6 is 0 Å². The van der Waals surface area contributed by atoms with Crippen LogP contribution in [0.3, 0.4) is 0 Å². The zero-order valence-electron chi connectivity index (χ0n) is 36.2. The minimum atomic E-state index is -3.07. The Bertz CT molecular complexity index is 3150. The van der Waals surface area contributed by atoms with Gasteiger partial charge in [0.1, 0.15) is 23.0 Å². The maximum Gasteiger partial charge on any atom is 0.249 e. The molecule has 0 bridgehead atoms. The Balaban J connectivity index is 1.24. The number of pyridine rings is 1. The Morgan fingerprint density at radius 3 is 1.83 bits per heavy atom. The van der Waals surface area contributed by atoms with Crippen molar-refractivity contribution in [1.82, 2.24) is 14.1 Å². The number of benzene rings is 7. The van der Waals surface area contributed by atoms with E-state index in [1.54, 1.807) is 6.33 Å². The summed E-state index contributed by atoms with van der Waals surface area (Å²) in [5.74, 6) is 2.14. The molecule has 7 aromatic carbocycles. The number of aromatic nitrogens is 4. The Kier molecular flexibility index (Phi) is 8.06. The van der Waals surface area contributed by atoms with Gasteiger partial charge in [-0.05, 0) is 86.3 Å². The van der Waals surface area contributed by atoms with Crippen LogP contribution in [-0.2, 0) is 12.4 Å². The fourth-order valence-electron chi connectivity index (χ4n) is 8.78. The van der Waals surface area contributed by atoms with Crippen molar-refractivity contribution >= 4 is 61.7 Å². The van der Waals surface area contributed by atoms with Crippen molar-refractivity contribution in [3.05, 3.63) is 206 Å². The molecule has 0 atom stereocenters. The van der Waals surface area contributed by atoms with Crippen molar-refractivity contribution in [1.29, 1.82) is 0 Å². The zero-order chi connectivity index (χ0) is 42.6. The molecule has 0 spiro atoms. The van der Waals surface area contributed by atoms with E-state index in [-0.39, 0.29) is 5.41 Å². The fourth-order valence-corrected chi connectivity index (χ4v) is 13.6. The van der Waals surface area contributed by atoms with Gasteiger partial charge in [-0.25, -0.2) is 9.55 Å². The molecular weight excluding hydrogens is 737 g/mol. The molecule has 0 radical (unpaired) electrons. The zero-order valence-corrected chi connectivity index (χ0v) is 34.2. The summed E-state index contributed by atoms with van der Waals surface area (Å²) in [7, 11) is -3.07. The Morgan fingerprint density at radius 2 is 1.17 bits per heavy atom. The van der Waals surface area contributed by atoms with E-state index in [2.05, 4.69) is 177 Å². The molecule has 0 fully saturated rings. The van der Waals surface area contributed by atoms with Crippen molar-refractivity contribution in [3.63, 3.8) is 0 Å². The lowest BCUT2D eigenvalue weighted by Gasteiger charge is -2.34. The van der Waals surface area contributed by atoms with E-state index in [4.69, 9.17) is 13.8 Å². The summed E-state index contributed by atoms with van der Waals surface area (Å²) in [6.07, 6.45) is 3.59. The van der Waals surface area contributed by atoms with Crippen LogP contribution in [0, 0.1) is 0 Å². The number of fused-ring (bicyclic) bond motifs is 4. The smallest absolute Gasteiger partial charge is 0.249 e. The summed E-state index contributed by atoms with van der Waals surface area (Å²) in [4.78, 5) is 4.91. The molecule has 0 amide bonds. The van der Waals surface area contributed by atoms with Crippen molar-refractivity contribution in [2.75, 3.05) is 0 Å². The molecule has 0 aliphatic heterocycles. The Hall–Kier alpha value is -7.02. The van der Waals surface area contributed by atoms with Gasteiger partial charge in [0.05, 0.1) is 22.1 Å². The third-order valence-electron chi connectivity index (χ3n) is 11.6. The van der Waals surface area contributed by atoms with Crippen molar-refractivity contribution < 1.29 is 13.4 Å². The summed E-state index contributed by atoms with van der Waals surface area (Å²) in [5, 5.41) is 6.96. The maximum absolute atomic E-state index is 8.49. The van der Waals surface area contributed by atoms with E-state index in [1.807, 2.05) is 47.2 Å². The third-order valence-corrected chi connectivity index (χ3v) is 16.3. The Labute approximate surface area is 350 Å². The van der Waals surface area contributed by atoms with Crippen LogP contribution in [0.25, 0.3) is 44.3 Å². The van der Waals surface area contributed by atoms with Gasteiger partial charge >= 0.3 is 0 Å². The van der Waals surface area contributed by atoms with Crippen LogP contribution in [-0.4, -0.2) is 22.2 Å². The first-order valence-corrected chi connectivity index (χ1v) is 22.0. The van der Waals surface area contributed by atoms with Crippen LogP contribution in [0.15, 0.2) is 201 Å². The number of aryl methyl sites for hydroxylation is 1. The number of rotatable bonds is 8. The third kappa shape index (κ3) is 6.24. The predicted molar refractivity (Wildman–Crippen MR) is 245 cm³/mol. The summed E-state index contributed by atoms with van der Waals surface area (Å²) in [6.45, 7) is 4.26. The van der Waals surface area contributed by atoms with Crippen molar-refractivity contribution in [3.8, 4) is 23.0 Å². The summed E-state index contributed by atoms with van der Waals surface area (Å²) in [6, 6.07) is 65.4. The molecular formula is C53H45N4OSi+. The predicted octanol–water partition coefficient (Wildman–Crippen LogP) is 9.41. The first kappa shape index (κ1) is 33.0. The van der Waals surface area contributed by atoms with Crippen LogP contribution in [0.4, 0.5) is 0 Å². The van der Waals surface area contributed by atoms with Gasteiger partial charge in [0.15, 0.2) is 19.1 Å². The number of ether oxygens (including phenoxy) is 1. The summed E-state index contributed by atoms with van der Waals surface area (Å²) in [5.41, 5.74) is 5.36. The first-order chi connectivity index (χ1) is 30.0. The van der Waals surface area contributed by atoms with Crippen LogP contribution in [0.2, 0.25) is 0 Å². The standard InChI is InChI=1S/C53H45N4OSi/c1-53(2,3)38-30-31-54-52(32-38)57-48-25-15-14-24-46(48)47-29-28-40(36-51(47)57)58-41-33-39(56-37-55(4)49-26-16-17-27-50(49)56)34-45(35-41)59(42-18-8-5-9-19-42,43-20-10-6-11-21-43)44-22-12-7-13-23-44/h5-37H,1-4H3/q+1/i4D3. The molecule has 6 heteroatoms. The molecule has 0 aliphatic rings. The first-order valence-electron chi connectivity index (χ1n) is 21.5. The molecule has 3 aromatic heterocycles. The highest BCUT2D eigenvalue weighted by Gasteiger charge is 2.42. The van der Waals surface area contributed by atoms with Gasteiger partial charge in [0.25, 0.3) is 0 Å². The lowest BCUT2D eigenvalue weighted by atomic mass is 9.88. The van der Waals surface area contributed by atoms with Gasteiger partial charge in [-0.2, -0.15) is 4.57 Å². The van der Waals surface area contributed by atoms with E-state index < -0.39 is 15.0 Å². The molecule has 0 aliphatic carbocycles. The molecule has 286 valence electrons. The van der Waals surface area contributed by atoms with E-state index in [0.717, 1.165) is 44.0 Å². The number of nitrogens with zero attached hydrogens (tertiary/aromatic N) is 4. The molecule has 0 N–H and O–H groups in total. The van der Waals surface area contributed by atoms with Gasteiger partial charge in [0.2, 0.25) is 6.33 Å². The van der Waals surface area contributed by atoms with Crippen LogP contribution in [0.5, 0.6) is 11.5 Å². The second kappa shape index (κ2) is 14.4. The highest BCUT2D eigenvalue weighted by molar-refractivity contribution is 7.20. The number of imidazole rings is 1. The van der Waals surface area contributed by atoms with Gasteiger partial charge in [-0.1, -0.05) is 142 Å². The second-order valence-electron chi connectivity index (χ2n) is 16.2. The molecule has 3 heterocycles. The average Bonchev–Trinajstić information content (AvgIpc) is 3.84. The lowest BCUT2D eigenvalue weighted by molar-refractivity contribution is -0.645. The molecule has 0 unspecified atom stereocenters. The van der Waals surface area contributed by atoms with Gasteiger partial charge in [0, 0.05) is 29.1 Å². The lowest BCUT2D eigenvalue weighted by Crippen LogP contribution is -2.74. The van der Waals surface area contributed by atoms with E-state index in [1.165, 1.54) is 25.7 Å². The molecule has 5 nitrogen and oxygen atoms in total. The maximum atomic E-state index is 8.49.